The molecule has 0 fully saturated rings. The molecule has 0 aliphatic rings. The molecule has 0 N–H and O–H groups in total. The van der Waals surface area contributed by atoms with Gasteiger partial charge in [-0.15, -0.1) is 0 Å². The standard InChI is InChI=1S/C23H20O2.C9H11BrO2.3CH4.CH3.ClH.Zn/c1-16-11-12-22(25-15-24-2)21(13-16)23-19-9-5-3-7-17(19)14-18-8-4-6-10-20(18)23;1-7-3-4-9(8(10)5-7)12-6-11-2;;;;;;/h3-14H,15H2,1-2H3;3-5H,6H2,1-2H3;3*1H4;1H3;1H;/q;;;;;-1;;+2/p-1. The Morgan fingerprint density at radius 3 is 1.56 bits per heavy atom. The minimum atomic E-state index is 0. The molecule has 0 bridgehead atoms. The maximum atomic E-state index is 5.87. The number of rotatable bonds is 7. The summed E-state index contributed by atoms with van der Waals surface area (Å²) in [5, 5.41) is 4.92. The Morgan fingerprint density at radius 2 is 1.07 bits per heavy atom. The average molecular weight is 724 g/mol. The van der Waals surface area contributed by atoms with Crippen LogP contribution in [-0.4, -0.2) is 27.8 Å². The second-order valence-corrected chi connectivity index (χ2v) is 9.58. The van der Waals surface area contributed by atoms with Crippen molar-refractivity contribution in [3.63, 3.8) is 0 Å². The van der Waals surface area contributed by atoms with Gasteiger partial charge in [0.05, 0.1) is 4.47 Å². The molecule has 0 saturated carbocycles. The first-order chi connectivity index (χ1) is 19.0. The molecule has 5 aromatic rings. The van der Waals surface area contributed by atoms with Crippen molar-refractivity contribution in [3.8, 4) is 22.6 Å². The Balaban J connectivity index is 0. The van der Waals surface area contributed by atoms with Crippen molar-refractivity contribution >= 4 is 47.2 Å². The Bertz CT molecular complexity index is 1460. The van der Waals surface area contributed by atoms with Crippen LogP contribution in [0.3, 0.4) is 0 Å². The SMILES string of the molecule is C.C.C.COCOc1ccc(C)cc1-c1c2ccccc2cc2ccccc12.COCOc1ccc(C)cc1Br.[CH3-].[Cl][Zn+]. The summed E-state index contributed by atoms with van der Waals surface area (Å²) in [7, 11) is 8.00. The van der Waals surface area contributed by atoms with Gasteiger partial charge in [-0.3, -0.25) is 0 Å². The molecule has 0 atom stereocenters. The Labute approximate surface area is 282 Å². The van der Waals surface area contributed by atoms with Gasteiger partial charge in [-0.25, -0.2) is 0 Å². The van der Waals surface area contributed by atoms with Crippen LogP contribution in [0.15, 0.2) is 95.5 Å². The second-order valence-electron chi connectivity index (χ2n) is 8.73. The Hall–Kier alpha value is -2.47. The summed E-state index contributed by atoms with van der Waals surface area (Å²) in [6, 6.07) is 31.5. The molecule has 0 heterocycles. The zero-order chi connectivity index (χ0) is 28.2. The van der Waals surface area contributed by atoms with Crippen molar-refractivity contribution in [1.29, 1.82) is 0 Å². The molecule has 0 unspecified atom stereocenters. The van der Waals surface area contributed by atoms with E-state index in [2.05, 4.69) is 89.6 Å². The Morgan fingerprint density at radius 1 is 0.628 bits per heavy atom. The molecule has 0 saturated heterocycles. The first-order valence-corrected chi connectivity index (χ1v) is 17.0. The fraction of sp³-hybridized carbons (Fsp3) is 0.250. The quantitative estimate of drug-likeness (QED) is 0.0725. The van der Waals surface area contributed by atoms with Crippen molar-refractivity contribution in [3.05, 3.63) is 114 Å². The summed E-state index contributed by atoms with van der Waals surface area (Å²) in [6.07, 6.45) is 0. The topological polar surface area (TPSA) is 36.9 Å². The van der Waals surface area contributed by atoms with Crippen LogP contribution in [-0.2, 0) is 26.8 Å². The van der Waals surface area contributed by atoms with Gasteiger partial charge in [0.15, 0.2) is 13.6 Å². The van der Waals surface area contributed by atoms with Crippen LogP contribution in [0.5, 0.6) is 11.5 Å². The summed E-state index contributed by atoms with van der Waals surface area (Å²) >= 11 is 4.24. The van der Waals surface area contributed by atoms with E-state index >= 15 is 0 Å². The van der Waals surface area contributed by atoms with E-state index in [4.69, 9.17) is 28.6 Å². The first-order valence-electron chi connectivity index (χ1n) is 12.3. The van der Waals surface area contributed by atoms with Crippen molar-refractivity contribution in [2.45, 2.75) is 36.1 Å². The molecule has 5 aromatic carbocycles. The number of methoxy groups -OCH3 is 2. The van der Waals surface area contributed by atoms with Gasteiger partial charge in [-0.05, 0) is 87.2 Å². The third-order valence-corrected chi connectivity index (χ3v) is 6.55. The average Bonchev–Trinajstić information content (AvgIpc) is 2.96. The molecule has 0 amide bonds. The van der Waals surface area contributed by atoms with Crippen molar-refractivity contribution < 1.29 is 36.3 Å². The predicted octanol–water partition coefficient (Wildman–Crippen LogP) is 11.7. The molecular formula is C36H46BrClO4Zn. The third-order valence-electron chi connectivity index (χ3n) is 5.93. The van der Waals surface area contributed by atoms with Gasteiger partial charge in [-0.2, -0.15) is 0 Å². The predicted molar refractivity (Wildman–Crippen MR) is 188 cm³/mol. The number of hydrogen-bond donors (Lipinski definition) is 0. The summed E-state index contributed by atoms with van der Waals surface area (Å²) in [5.74, 6) is 1.65. The number of aryl methyl sites for hydroxylation is 2. The zero-order valence-corrected chi connectivity index (χ0v) is 29.0. The van der Waals surface area contributed by atoms with Crippen molar-refractivity contribution in [2.24, 2.45) is 0 Å². The minimum absolute atomic E-state index is 0. The van der Waals surface area contributed by atoms with Gasteiger partial charge in [0.1, 0.15) is 11.5 Å². The molecule has 5 rings (SSSR count). The molecular weight excluding hydrogens is 677 g/mol. The molecule has 0 aromatic heterocycles. The number of hydrogen-bond acceptors (Lipinski definition) is 4. The van der Waals surface area contributed by atoms with E-state index in [0.29, 0.717) is 0 Å². The van der Waals surface area contributed by atoms with Crippen LogP contribution in [0.4, 0.5) is 0 Å². The molecule has 4 nitrogen and oxygen atoms in total. The van der Waals surface area contributed by atoms with Gasteiger partial charge in [-0.1, -0.05) is 88.5 Å². The number of benzene rings is 5. The van der Waals surface area contributed by atoms with E-state index in [-0.39, 0.29) is 43.3 Å². The zero-order valence-electron chi connectivity index (χ0n) is 23.7. The van der Waals surface area contributed by atoms with Crippen LogP contribution < -0.4 is 9.47 Å². The van der Waals surface area contributed by atoms with Gasteiger partial charge in [0.25, 0.3) is 0 Å². The molecule has 230 valence electrons. The molecule has 0 aliphatic carbocycles. The fourth-order valence-corrected chi connectivity index (χ4v) is 4.84. The molecule has 0 radical (unpaired) electrons. The van der Waals surface area contributed by atoms with Gasteiger partial charge in [0.2, 0.25) is 0 Å². The maximum absolute atomic E-state index is 5.87. The van der Waals surface area contributed by atoms with E-state index < -0.39 is 0 Å². The van der Waals surface area contributed by atoms with Crippen molar-refractivity contribution in [2.75, 3.05) is 27.8 Å². The van der Waals surface area contributed by atoms with E-state index in [1.807, 2.05) is 31.2 Å². The molecule has 7 heteroatoms. The van der Waals surface area contributed by atoms with E-state index in [1.54, 1.807) is 14.2 Å². The third kappa shape index (κ3) is 11.5. The monoisotopic (exact) mass is 720 g/mol. The van der Waals surface area contributed by atoms with Crippen LogP contribution in [0.25, 0.3) is 32.7 Å². The summed E-state index contributed by atoms with van der Waals surface area (Å²) in [4.78, 5) is 0. The Kier molecular flexibility index (Phi) is 21.9. The molecule has 0 aliphatic heterocycles. The van der Waals surface area contributed by atoms with E-state index in [0.717, 1.165) is 38.8 Å². The number of fused-ring (bicyclic) bond motifs is 2. The number of halogens is 2. The number of ether oxygens (including phenoxy) is 4. The van der Waals surface area contributed by atoms with Gasteiger partial charge < -0.3 is 26.4 Å². The van der Waals surface area contributed by atoms with Gasteiger partial charge in [0, 0.05) is 25.3 Å². The van der Waals surface area contributed by atoms with Gasteiger partial charge >= 0.3 is 27.0 Å². The summed E-state index contributed by atoms with van der Waals surface area (Å²) < 4.78 is 22.0. The summed E-state index contributed by atoms with van der Waals surface area (Å²) in [6.45, 7) is 4.65. The first kappa shape index (κ1) is 42.7. The molecule has 0 spiro atoms. The van der Waals surface area contributed by atoms with Crippen LogP contribution in [0.1, 0.15) is 33.4 Å². The van der Waals surface area contributed by atoms with Crippen molar-refractivity contribution in [1.82, 2.24) is 0 Å². The van der Waals surface area contributed by atoms with E-state index in [9.17, 15) is 0 Å². The normalized spacial score (nSPS) is 9.40. The van der Waals surface area contributed by atoms with Crippen LogP contribution >= 0.6 is 25.6 Å². The van der Waals surface area contributed by atoms with E-state index in [1.165, 1.54) is 38.2 Å². The molecule has 43 heavy (non-hydrogen) atoms. The second kappa shape index (κ2) is 22.1. The van der Waals surface area contributed by atoms with Crippen LogP contribution in [0, 0.1) is 21.3 Å². The summed E-state index contributed by atoms with van der Waals surface area (Å²) in [5.41, 5.74) is 4.72. The fourth-order valence-electron chi connectivity index (χ4n) is 4.24. The van der Waals surface area contributed by atoms with Crippen LogP contribution in [0.2, 0.25) is 0 Å².